The number of carbonyl (C=O) groups is 3. The van der Waals surface area contributed by atoms with Crippen molar-refractivity contribution in [2.45, 2.75) is 19.8 Å². The number of thioether (sulfide) groups is 1. The van der Waals surface area contributed by atoms with Gasteiger partial charge < -0.3 is 14.5 Å². The summed E-state index contributed by atoms with van der Waals surface area (Å²) < 4.78 is 11.0. The number of rotatable bonds is 8. The summed E-state index contributed by atoms with van der Waals surface area (Å²) in [5, 5.41) is 13.2. The number of non-ortho nitro benzene ring substituents is 1. The molecule has 1 fully saturated rings. The van der Waals surface area contributed by atoms with Crippen LogP contribution in [-0.2, 0) is 9.59 Å². The summed E-state index contributed by atoms with van der Waals surface area (Å²) in [5.41, 5.74) is 2.06. The highest BCUT2D eigenvalue weighted by molar-refractivity contribution is 8.18. The number of nitrogens with one attached hydrogen (secondary N) is 1. The Morgan fingerprint density at radius 1 is 1.16 bits per heavy atom. The molecule has 11 heteroatoms. The monoisotopic (exact) mass is 521 g/mol. The van der Waals surface area contributed by atoms with E-state index in [1.165, 1.54) is 31.4 Å². The Balaban J connectivity index is 1.45. The van der Waals surface area contributed by atoms with Crippen LogP contribution in [0.3, 0.4) is 0 Å². The van der Waals surface area contributed by atoms with Gasteiger partial charge in [0.05, 0.1) is 28.6 Å². The summed E-state index contributed by atoms with van der Waals surface area (Å²) in [4.78, 5) is 49.2. The van der Waals surface area contributed by atoms with Crippen LogP contribution in [0.2, 0.25) is 0 Å². The van der Waals surface area contributed by atoms with E-state index in [9.17, 15) is 24.5 Å². The van der Waals surface area contributed by atoms with Gasteiger partial charge in [-0.1, -0.05) is 26.0 Å². The molecule has 190 valence electrons. The molecular weight excluding hydrogens is 498 g/mol. The number of benzene rings is 2. The number of nitro groups is 1. The standard InChI is InChI=1S/C26H23N3O7S/c1-15(2)16-4-6-17(7-5-16)27-24(30)14-28-25(31)23(37-26(28)32)13-19-9-11-21(36-19)20-10-8-18(29(33)34)12-22(20)35-3/h4-13,15H,14H2,1-3H3,(H,27,30)/b23-13+. The van der Waals surface area contributed by atoms with Crippen molar-refractivity contribution >= 4 is 46.3 Å². The summed E-state index contributed by atoms with van der Waals surface area (Å²) in [6.45, 7) is 3.71. The Morgan fingerprint density at radius 2 is 1.89 bits per heavy atom. The summed E-state index contributed by atoms with van der Waals surface area (Å²) in [7, 11) is 1.39. The minimum Gasteiger partial charge on any atom is -0.496 e. The largest absolute Gasteiger partial charge is 0.496 e. The normalized spacial score (nSPS) is 14.5. The van der Waals surface area contributed by atoms with E-state index in [1.54, 1.807) is 24.3 Å². The van der Waals surface area contributed by atoms with E-state index < -0.39 is 28.5 Å². The summed E-state index contributed by atoms with van der Waals surface area (Å²) in [6.07, 6.45) is 1.41. The predicted molar refractivity (Wildman–Crippen MR) is 139 cm³/mol. The van der Waals surface area contributed by atoms with Gasteiger partial charge in [0.1, 0.15) is 23.8 Å². The van der Waals surface area contributed by atoms with E-state index in [0.29, 0.717) is 34.7 Å². The number of carbonyl (C=O) groups excluding carboxylic acids is 3. The molecule has 0 aliphatic carbocycles. The molecule has 1 saturated heterocycles. The van der Waals surface area contributed by atoms with Gasteiger partial charge in [0.15, 0.2) is 0 Å². The van der Waals surface area contributed by atoms with Crippen molar-refractivity contribution < 1.29 is 28.5 Å². The van der Waals surface area contributed by atoms with Gasteiger partial charge in [-0.25, -0.2) is 0 Å². The van der Waals surface area contributed by atoms with Crippen LogP contribution in [0.15, 0.2) is 63.9 Å². The molecule has 3 aromatic rings. The molecule has 3 amide bonds. The topological polar surface area (TPSA) is 132 Å². The molecule has 1 aromatic heterocycles. The lowest BCUT2D eigenvalue weighted by Gasteiger charge is -2.13. The number of anilines is 1. The first-order chi connectivity index (χ1) is 17.7. The smallest absolute Gasteiger partial charge is 0.294 e. The van der Waals surface area contributed by atoms with Crippen molar-refractivity contribution in [3.8, 4) is 17.1 Å². The Hall–Kier alpha value is -4.38. The highest BCUT2D eigenvalue weighted by Crippen LogP contribution is 2.36. The maximum atomic E-state index is 12.8. The van der Waals surface area contributed by atoms with Crippen molar-refractivity contribution in [2.24, 2.45) is 0 Å². The zero-order valence-electron chi connectivity index (χ0n) is 20.2. The molecule has 0 atom stereocenters. The SMILES string of the molecule is COc1cc([N+](=O)[O-])ccc1-c1ccc(/C=C2/SC(=O)N(CC(=O)Nc3ccc(C(C)C)cc3)C2=O)o1. The first-order valence-electron chi connectivity index (χ1n) is 11.2. The third-order valence-corrected chi connectivity index (χ3v) is 6.51. The molecule has 0 spiro atoms. The lowest BCUT2D eigenvalue weighted by Crippen LogP contribution is -2.36. The van der Waals surface area contributed by atoms with Crippen LogP contribution in [0.4, 0.5) is 16.2 Å². The minimum atomic E-state index is -0.605. The molecule has 0 saturated carbocycles. The van der Waals surface area contributed by atoms with Gasteiger partial charge >= 0.3 is 0 Å². The van der Waals surface area contributed by atoms with E-state index in [1.807, 2.05) is 12.1 Å². The van der Waals surface area contributed by atoms with Gasteiger partial charge in [0.25, 0.3) is 16.8 Å². The van der Waals surface area contributed by atoms with Crippen molar-refractivity contribution in [3.05, 3.63) is 80.9 Å². The molecule has 1 aliphatic rings. The second kappa shape index (κ2) is 10.7. The number of amides is 3. The molecule has 0 radical (unpaired) electrons. The molecule has 0 bridgehead atoms. The van der Waals surface area contributed by atoms with Crippen LogP contribution in [0, 0.1) is 10.1 Å². The molecule has 0 unspecified atom stereocenters. The van der Waals surface area contributed by atoms with Gasteiger partial charge in [-0.15, -0.1) is 0 Å². The van der Waals surface area contributed by atoms with E-state index in [4.69, 9.17) is 9.15 Å². The molecule has 10 nitrogen and oxygen atoms in total. The fourth-order valence-corrected chi connectivity index (χ4v) is 4.45. The zero-order chi connectivity index (χ0) is 26.7. The van der Waals surface area contributed by atoms with E-state index >= 15 is 0 Å². The number of nitro benzene ring substituents is 1. The van der Waals surface area contributed by atoms with Gasteiger partial charge in [-0.3, -0.25) is 29.4 Å². The molecular formula is C26H23N3O7S. The summed E-state index contributed by atoms with van der Waals surface area (Å²) in [6, 6.07) is 14.7. The van der Waals surface area contributed by atoms with Gasteiger partial charge in [0.2, 0.25) is 5.91 Å². The average molecular weight is 522 g/mol. The Morgan fingerprint density at radius 3 is 2.54 bits per heavy atom. The lowest BCUT2D eigenvalue weighted by atomic mass is 10.0. The fourth-order valence-electron chi connectivity index (χ4n) is 3.63. The number of hydrogen-bond acceptors (Lipinski definition) is 8. The van der Waals surface area contributed by atoms with Crippen molar-refractivity contribution in [3.63, 3.8) is 0 Å². The van der Waals surface area contributed by atoms with Crippen molar-refractivity contribution in [1.82, 2.24) is 4.90 Å². The van der Waals surface area contributed by atoms with Gasteiger partial charge in [-0.05, 0) is 53.6 Å². The van der Waals surface area contributed by atoms with Crippen LogP contribution in [0.1, 0.15) is 31.1 Å². The molecule has 1 aliphatic heterocycles. The van der Waals surface area contributed by atoms with Gasteiger partial charge in [-0.2, -0.15) is 0 Å². The first-order valence-corrected chi connectivity index (χ1v) is 12.1. The number of furan rings is 1. The molecule has 2 heterocycles. The van der Waals surface area contributed by atoms with Crippen molar-refractivity contribution in [2.75, 3.05) is 19.0 Å². The molecule has 37 heavy (non-hydrogen) atoms. The number of imide groups is 1. The Kier molecular flexibility index (Phi) is 7.44. The maximum Gasteiger partial charge on any atom is 0.294 e. The highest BCUT2D eigenvalue weighted by Gasteiger charge is 2.36. The second-order valence-corrected chi connectivity index (χ2v) is 9.43. The van der Waals surface area contributed by atoms with Crippen LogP contribution < -0.4 is 10.1 Å². The number of nitrogens with zero attached hydrogens (tertiary/aromatic N) is 2. The third-order valence-electron chi connectivity index (χ3n) is 5.60. The van der Waals surface area contributed by atoms with E-state index in [-0.39, 0.29) is 22.1 Å². The Bertz CT molecular complexity index is 1410. The Labute approximate surface area is 216 Å². The molecule has 1 N–H and O–H groups in total. The average Bonchev–Trinajstić information content (AvgIpc) is 3.44. The highest BCUT2D eigenvalue weighted by atomic mass is 32.2. The summed E-state index contributed by atoms with van der Waals surface area (Å²) >= 11 is 0.707. The van der Waals surface area contributed by atoms with Crippen LogP contribution >= 0.6 is 11.8 Å². The maximum absolute atomic E-state index is 12.8. The van der Waals surface area contributed by atoms with Crippen LogP contribution in [0.25, 0.3) is 17.4 Å². The fraction of sp³-hybridized carbons (Fsp3) is 0.192. The van der Waals surface area contributed by atoms with E-state index in [0.717, 1.165) is 10.5 Å². The first kappa shape index (κ1) is 25.7. The predicted octanol–water partition coefficient (Wildman–Crippen LogP) is 5.66. The minimum absolute atomic E-state index is 0.107. The number of ether oxygens (including phenoxy) is 1. The number of methoxy groups -OCH3 is 1. The lowest BCUT2D eigenvalue weighted by molar-refractivity contribution is -0.384. The number of hydrogen-bond donors (Lipinski definition) is 1. The molecule has 4 rings (SSSR count). The third kappa shape index (κ3) is 5.72. The zero-order valence-corrected chi connectivity index (χ0v) is 21.0. The van der Waals surface area contributed by atoms with Gasteiger partial charge in [0, 0.05) is 17.8 Å². The van der Waals surface area contributed by atoms with Crippen molar-refractivity contribution in [1.29, 1.82) is 0 Å². The van der Waals surface area contributed by atoms with E-state index in [2.05, 4.69) is 19.2 Å². The molecule has 2 aromatic carbocycles. The summed E-state index contributed by atoms with van der Waals surface area (Å²) in [5.74, 6) is 0.154. The quantitative estimate of drug-likeness (QED) is 0.228. The second-order valence-electron chi connectivity index (χ2n) is 8.44. The van der Waals surface area contributed by atoms with Crippen LogP contribution in [0.5, 0.6) is 5.75 Å². The van der Waals surface area contributed by atoms with Crippen LogP contribution in [-0.4, -0.2) is 40.5 Å².